The summed E-state index contributed by atoms with van der Waals surface area (Å²) in [5.74, 6) is -0.00802. The summed E-state index contributed by atoms with van der Waals surface area (Å²) in [6, 6.07) is 3.54. The summed E-state index contributed by atoms with van der Waals surface area (Å²) < 4.78 is 11.2. The Bertz CT molecular complexity index is 493. The second-order valence-corrected chi connectivity index (χ2v) is 5.50. The van der Waals surface area contributed by atoms with Gasteiger partial charge in [-0.25, -0.2) is 9.78 Å². The monoisotopic (exact) mass is 277 g/mol. The van der Waals surface area contributed by atoms with Gasteiger partial charge >= 0.3 is 5.97 Å². The highest BCUT2D eigenvalue weighted by Gasteiger charge is 2.25. The zero-order valence-electron chi connectivity index (χ0n) is 11.4. The van der Waals surface area contributed by atoms with Crippen LogP contribution in [0.25, 0.3) is 0 Å². The van der Waals surface area contributed by atoms with Crippen LogP contribution in [0.15, 0.2) is 12.1 Å². The Hall–Kier alpha value is -1.62. The summed E-state index contributed by atoms with van der Waals surface area (Å²) >= 11 is 0. The SMILES string of the molecule is O=C(O)c1nc(OCC2CC2)ccc1C1CCCCO1. The van der Waals surface area contributed by atoms with Gasteiger partial charge in [0.15, 0.2) is 5.69 Å². The van der Waals surface area contributed by atoms with E-state index in [2.05, 4.69) is 4.98 Å². The van der Waals surface area contributed by atoms with Crippen LogP contribution < -0.4 is 4.74 Å². The summed E-state index contributed by atoms with van der Waals surface area (Å²) in [4.78, 5) is 15.5. The van der Waals surface area contributed by atoms with Crippen molar-refractivity contribution in [3.63, 3.8) is 0 Å². The van der Waals surface area contributed by atoms with Gasteiger partial charge in [-0.15, -0.1) is 0 Å². The standard InChI is InChI=1S/C15H19NO4/c17-15(18)14-11(12-3-1-2-8-19-12)6-7-13(16-14)20-9-10-4-5-10/h6-7,10,12H,1-5,8-9H2,(H,17,18). The molecule has 1 aromatic rings. The van der Waals surface area contributed by atoms with E-state index in [1.165, 1.54) is 12.8 Å². The van der Waals surface area contributed by atoms with E-state index in [1.807, 2.05) is 0 Å². The molecule has 108 valence electrons. The first-order valence-corrected chi connectivity index (χ1v) is 7.22. The van der Waals surface area contributed by atoms with E-state index in [-0.39, 0.29) is 11.8 Å². The first-order valence-electron chi connectivity index (χ1n) is 7.22. The molecule has 2 aliphatic rings. The Balaban J connectivity index is 1.79. The Morgan fingerprint density at radius 2 is 2.20 bits per heavy atom. The summed E-state index contributed by atoms with van der Waals surface area (Å²) in [5, 5.41) is 9.34. The molecular formula is C15H19NO4. The van der Waals surface area contributed by atoms with Gasteiger partial charge in [-0.2, -0.15) is 0 Å². The zero-order valence-corrected chi connectivity index (χ0v) is 11.4. The highest BCUT2D eigenvalue weighted by molar-refractivity contribution is 5.87. The average molecular weight is 277 g/mol. The number of pyridine rings is 1. The minimum Gasteiger partial charge on any atom is -0.477 e. The van der Waals surface area contributed by atoms with E-state index in [0.29, 0.717) is 30.6 Å². The van der Waals surface area contributed by atoms with Gasteiger partial charge in [-0.05, 0) is 44.1 Å². The first kappa shape index (κ1) is 13.4. The van der Waals surface area contributed by atoms with Crippen molar-refractivity contribution in [1.29, 1.82) is 0 Å². The first-order chi connectivity index (χ1) is 9.74. The smallest absolute Gasteiger partial charge is 0.355 e. The molecule has 2 heterocycles. The van der Waals surface area contributed by atoms with Crippen molar-refractivity contribution < 1.29 is 19.4 Å². The minimum atomic E-state index is -1.02. The third kappa shape index (κ3) is 3.10. The summed E-state index contributed by atoms with van der Waals surface area (Å²) in [7, 11) is 0. The number of carbonyl (C=O) groups is 1. The third-order valence-electron chi connectivity index (χ3n) is 3.79. The van der Waals surface area contributed by atoms with Crippen LogP contribution in [0.2, 0.25) is 0 Å². The topological polar surface area (TPSA) is 68.7 Å². The van der Waals surface area contributed by atoms with Crippen LogP contribution in [0, 0.1) is 5.92 Å². The predicted octanol–water partition coefficient (Wildman–Crippen LogP) is 2.81. The molecule has 1 atom stereocenters. The molecule has 0 radical (unpaired) electrons. The van der Waals surface area contributed by atoms with Crippen LogP contribution in [0.4, 0.5) is 0 Å². The van der Waals surface area contributed by atoms with Crippen molar-refractivity contribution >= 4 is 5.97 Å². The maximum absolute atomic E-state index is 11.4. The number of carboxylic acid groups (broad SMARTS) is 1. The van der Waals surface area contributed by atoms with Crippen LogP contribution in [0.3, 0.4) is 0 Å². The molecule has 2 fully saturated rings. The van der Waals surface area contributed by atoms with Crippen molar-refractivity contribution in [1.82, 2.24) is 4.98 Å². The van der Waals surface area contributed by atoms with Crippen molar-refractivity contribution in [2.45, 2.75) is 38.2 Å². The number of hydrogen-bond acceptors (Lipinski definition) is 4. The molecule has 1 aliphatic heterocycles. The molecule has 20 heavy (non-hydrogen) atoms. The van der Waals surface area contributed by atoms with E-state index in [1.54, 1.807) is 12.1 Å². The second kappa shape index (κ2) is 5.79. The Labute approximate surface area is 117 Å². The van der Waals surface area contributed by atoms with Crippen LogP contribution >= 0.6 is 0 Å². The minimum absolute atomic E-state index is 0.0604. The quantitative estimate of drug-likeness (QED) is 0.896. The molecule has 1 aliphatic carbocycles. The number of ether oxygens (including phenoxy) is 2. The lowest BCUT2D eigenvalue weighted by Crippen LogP contribution is -2.17. The van der Waals surface area contributed by atoms with Gasteiger partial charge in [0.05, 0.1) is 12.7 Å². The molecule has 1 N–H and O–H groups in total. The fraction of sp³-hybridized carbons (Fsp3) is 0.600. The Morgan fingerprint density at radius 3 is 2.85 bits per heavy atom. The van der Waals surface area contributed by atoms with Gasteiger partial charge in [0, 0.05) is 18.2 Å². The molecule has 0 aromatic carbocycles. The average Bonchev–Trinajstić information content (AvgIpc) is 3.30. The summed E-state index contributed by atoms with van der Waals surface area (Å²) in [6.07, 6.45) is 5.18. The Kier molecular flexibility index (Phi) is 3.87. The number of hydrogen-bond donors (Lipinski definition) is 1. The number of rotatable bonds is 5. The number of aromatic carboxylic acids is 1. The van der Waals surface area contributed by atoms with E-state index < -0.39 is 5.97 Å². The molecule has 5 heteroatoms. The van der Waals surface area contributed by atoms with Crippen molar-refractivity contribution in [3.05, 3.63) is 23.4 Å². The van der Waals surface area contributed by atoms with Gasteiger partial charge in [0.2, 0.25) is 5.88 Å². The number of nitrogens with zero attached hydrogens (tertiary/aromatic N) is 1. The molecule has 3 rings (SSSR count). The van der Waals surface area contributed by atoms with Crippen molar-refractivity contribution in [2.24, 2.45) is 5.92 Å². The molecule has 0 spiro atoms. The van der Waals surface area contributed by atoms with Gasteiger partial charge in [0.25, 0.3) is 0 Å². The van der Waals surface area contributed by atoms with E-state index >= 15 is 0 Å². The molecule has 5 nitrogen and oxygen atoms in total. The third-order valence-corrected chi connectivity index (χ3v) is 3.79. The summed E-state index contributed by atoms with van der Waals surface area (Å²) in [6.45, 7) is 1.31. The molecule has 0 amide bonds. The Morgan fingerprint density at radius 1 is 1.35 bits per heavy atom. The molecular weight excluding hydrogens is 258 g/mol. The van der Waals surface area contributed by atoms with Crippen LogP contribution in [-0.2, 0) is 4.74 Å². The lowest BCUT2D eigenvalue weighted by Gasteiger charge is -2.23. The fourth-order valence-electron chi connectivity index (χ4n) is 2.44. The van der Waals surface area contributed by atoms with E-state index in [0.717, 1.165) is 19.3 Å². The fourth-order valence-corrected chi connectivity index (χ4v) is 2.44. The normalized spacial score (nSPS) is 22.5. The highest BCUT2D eigenvalue weighted by atomic mass is 16.5. The molecule has 0 bridgehead atoms. The van der Waals surface area contributed by atoms with Gasteiger partial charge in [-0.1, -0.05) is 0 Å². The highest BCUT2D eigenvalue weighted by Crippen LogP contribution is 2.32. The zero-order chi connectivity index (χ0) is 13.9. The maximum Gasteiger partial charge on any atom is 0.355 e. The number of carboxylic acids is 1. The lowest BCUT2D eigenvalue weighted by molar-refractivity contribution is 0.0135. The largest absolute Gasteiger partial charge is 0.477 e. The van der Waals surface area contributed by atoms with Crippen molar-refractivity contribution in [3.8, 4) is 5.88 Å². The van der Waals surface area contributed by atoms with Crippen LogP contribution in [0.5, 0.6) is 5.88 Å². The molecule has 1 aromatic heterocycles. The van der Waals surface area contributed by atoms with Gasteiger partial charge in [-0.3, -0.25) is 0 Å². The molecule has 1 unspecified atom stereocenters. The van der Waals surface area contributed by atoms with Crippen molar-refractivity contribution in [2.75, 3.05) is 13.2 Å². The van der Waals surface area contributed by atoms with Crippen LogP contribution in [-0.4, -0.2) is 29.3 Å². The maximum atomic E-state index is 11.4. The summed E-state index contributed by atoms with van der Waals surface area (Å²) in [5.41, 5.74) is 0.723. The van der Waals surface area contributed by atoms with E-state index in [9.17, 15) is 9.90 Å². The van der Waals surface area contributed by atoms with E-state index in [4.69, 9.17) is 9.47 Å². The van der Waals surface area contributed by atoms with Gasteiger partial charge < -0.3 is 14.6 Å². The van der Waals surface area contributed by atoms with Gasteiger partial charge in [0.1, 0.15) is 0 Å². The van der Waals surface area contributed by atoms with Crippen LogP contribution in [0.1, 0.15) is 54.3 Å². The number of aromatic nitrogens is 1. The lowest BCUT2D eigenvalue weighted by atomic mass is 10.00. The molecule has 1 saturated carbocycles. The predicted molar refractivity (Wildman–Crippen MR) is 72.0 cm³/mol. The second-order valence-electron chi connectivity index (χ2n) is 5.50. The molecule has 1 saturated heterocycles.